The Morgan fingerprint density at radius 3 is 2.57 bits per heavy atom. The second kappa shape index (κ2) is 8.11. The van der Waals surface area contributed by atoms with Crippen LogP contribution in [0.15, 0.2) is 47.5 Å². The highest BCUT2D eigenvalue weighted by Crippen LogP contribution is 2.25. The third kappa shape index (κ3) is 4.41. The fourth-order valence-electron chi connectivity index (χ4n) is 2.28. The molecule has 0 fully saturated rings. The van der Waals surface area contributed by atoms with Crippen molar-refractivity contribution in [2.75, 3.05) is 13.6 Å². The lowest BCUT2D eigenvalue weighted by molar-refractivity contribution is 0.552. The molecule has 0 saturated carbocycles. The summed E-state index contributed by atoms with van der Waals surface area (Å²) in [5, 5.41) is 9.46. The molecule has 2 rings (SSSR count). The normalized spacial score (nSPS) is 10.7. The fourth-order valence-corrected chi connectivity index (χ4v) is 2.28. The van der Waals surface area contributed by atoms with E-state index in [0.29, 0.717) is 12.1 Å². The minimum atomic E-state index is 0.399. The summed E-state index contributed by atoms with van der Waals surface area (Å²) in [6, 6.07) is 16.2. The van der Waals surface area contributed by atoms with Gasteiger partial charge in [-0.3, -0.25) is 0 Å². The van der Waals surface area contributed by atoms with Crippen molar-refractivity contribution in [1.82, 2.24) is 4.90 Å². The van der Waals surface area contributed by atoms with Crippen molar-refractivity contribution in [3.8, 4) is 6.07 Å². The van der Waals surface area contributed by atoms with Crippen molar-refractivity contribution in [2.45, 2.75) is 19.9 Å². The summed E-state index contributed by atoms with van der Waals surface area (Å²) in [7, 11) is 1.96. The third-order valence-electron chi connectivity index (χ3n) is 3.77. The molecule has 0 amide bonds. The molecular formula is C19H22N4. The monoisotopic (exact) mass is 306 g/mol. The molecule has 0 aliphatic carbocycles. The Bertz CT molecular complexity index is 714. The Morgan fingerprint density at radius 1 is 1.22 bits per heavy atom. The first-order valence-corrected chi connectivity index (χ1v) is 7.72. The summed E-state index contributed by atoms with van der Waals surface area (Å²) in [6.07, 6.45) is 2.49. The van der Waals surface area contributed by atoms with Gasteiger partial charge in [-0.1, -0.05) is 36.4 Å². The van der Waals surface area contributed by atoms with E-state index in [4.69, 9.17) is 5.73 Å². The van der Waals surface area contributed by atoms with Gasteiger partial charge in [0.05, 0.1) is 23.7 Å². The summed E-state index contributed by atoms with van der Waals surface area (Å²) in [4.78, 5) is 6.45. The SMILES string of the molecule is CCN(C)C=Nc1cc(C#N)c(Cc2ccccc2)cc1CN. The van der Waals surface area contributed by atoms with Crippen LogP contribution in [0, 0.1) is 11.3 Å². The fraction of sp³-hybridized carbons (Fsp3) is 0.263. The van der Waals surface area contributed by atoms with Gasteiger partial charge in [0.2, 0.25) is 0 Å². The first-order chi connectivity index (χ1) is 11.2. The zero-order chi connectivity index (χ0) is 16.7. The molecule has 2 aromatic rings. The highest BCUT2D eigenvalue weighted by molar-refractivity contribution is 5.65. The van der Waals surface area contributed by atoms with Crippen LogP contribution < -0.4 is 5.73 Å². The Balaban J connectivity index is 2.38. The van der Waals surface area contributed by atoms with Crippen LogP contribution in [0.5, 0.6) is 0 Å². The number of hydrogen-bond donors (Lipinski definition) is 1. The molecule has 4 nitrogen and oxygen atoms in total. The van der Waals surface area contributed by atoms with Crippen molar-refractivity contribution in [3.63, 3.8) is 0 Å². The Hall–Kier alpha value is -2.64. The van der Waals surface area contributed by atoms with Crippen LogP contribution in [0.2, 0.25) is 0 Å². The minimum Gasteiger partial charge on any atom is -0.366 e. The molecule has 0 atom stereocenters. The lowest BCUT2D eigenvalue weighted by Gasteiger charge is -2.12. The first-order valence-electron chi connectivity index (χ1n) is 7.72. The van der Waals surface area contributed by atoms with Crippen LogP contribution in [0.25, 0.3) is 0 Å². The maximum atomic E-state index is 9.46. The maximum absolute atomic E-state index is 9.46. The number of benzene rings is 2. The van der Waals surface area contributed by atoms with E-state index in [0.717, 1.165) is 29.8 Å². The van der Waals surface area contributed by atoms with Crippen LogP contribution >= 0.6 is 0 Å². The molecule has 0 aliphatic rings. The zero-order valence-electron chi connectivity index (χ0n) is 13.7. The molecule has 0 aliphatic heterocycles. The molecule has 118 valence electrons. The van der Waals surface area contributed by atoms with Crippen LogP contribution in [0.1, 0.15) is 29.2 Å². The topological polar surface area (TPSA) is 65.4 Å². The number of rotatable bonds is 6. The van der Waals surface area contributed by atoms with Gasteiger partial charge in [-0.2, -0.15) is 5.26 Å². The number of nitrogens with two attached hydrogens (primary N) is 1. The van der Waals surface area contributed by atoms with Crippen LogP contribution in [-0.4, -0.2) is 24.8 Å². The molecule has 0 saturated heterocycles. The first kappa shape index (κ1) is 16.7. The second-order valence-corrected chi connectivity index (χ2v) is 5.43. The van der Waals surface area contributed by atoms with Gasteiger partial charge in [0, 0.05) is 20.1 Å². The summed E-state index contributed by atoms with van der Waals surface area (Å²) >= 11 is 0. The summed E-state index contributed by atoms with van der Waals surface area (Å²) in [5.41, 5.74) is 10.4. The van der Waals surface area contributed by atoms with E-state index in [1.807, 2.05) is 42.3 Å². The molecular weight excluding hydrogens is 284 g/mol. The van der Waals surface area contributed by atoms with Crippen molar-refractivity contribution in [3.05, 3.63) is 64.7 Å². The zero-order valence-corrected chi connectivity index (χ0v) is 13.7. The average Bonchev–Trinajstić information content (AvgIpc) is 2.60. The second-order valence-electron chi connectivity index (χ2n) is 5.43. The predicted molar refractivity (Wildman–Crippen MR) is 94.8 cm³/mol. The van der Waals surface area contributed by atoms with Gasteiger partial charge in [-0.05, 0) is 36.1 Å². The Kier molecular flexibility index (Phi) is 5.90. The van der Waals surface area contributed by atoms with E-state index in [-0.39, 0.29) is 0 Å². The molecule has 2 aromatic carbocycles. The summed E-state index contributed by atoms with van der Waals surface area (Å²) in [6.45, 7) is 3.33. The summed E-state index contributed by atoms with van der Waals surface area (Å²) < 4.78 is 0. The van der Waals surface area contributed by atoms with Gasteiger partial charge in [0.25, 0.3) is 0 Å². The van der Waals surface area contributed by atoms with E-state index in [9.17, 15) is 5.26 Å². The van der Waals surface area contributed by atoms with Crippen molar-refractivity contribution in [2.24, 2.45) is 10.7 Å². The van der Waals surface area contributed by atoms with Crippen LogP contribution in [0.4, 0.5) is 5.69 Å². The minimum absolute atomic E-state index is 0.399. The molecule has 23 heavy (non-hydrogen) atoms. The average molecular weight is 306 g/mol. The quantitative estimate of drug-likeness (QED) is 0.658. The standard InChI is InChI=1S/C19H22N4/c1-3-23(2)14-22-19-11-17(12-20)16(10-18(19)13-21)9-15-7-5-4-6-8-15/h4-8,10-11,14H,3,9,13,21H2,1-2H3. The number of aliphatic imine (C=N–C) groups is 1. The summed E-state index contributed by atoms with van der Waals surface area (Å²) in [5.74, 6) is 0. The molecule has 0 bridgehead atoms. The lowest BCUT2D eigenvalue weighted by Crippen LogP contribution is -2.14. The van der Waals surface area contributed by atoms with Crippen molar-refractivity contribution >= 4 is 12.0 Å². The van der Waals surface area contributed by atoms with Gasteiger partial charge >= 0.3 is 0 Å². The van der Waals surface area contributed by atoms with Crippen molar-refractivity contribution in [1.29, 1.82) is 5.26 Å². The highest BCUT2D eigenvalue weighted by atomic mass is 15.1. The van der Waals surface area contributed by atoms with E-state index in [1.165, 1.54) is 5.56 Å². The third-order valence-corrected chi connectivity index (χ3v) is 3.77. The van der Waals surface area contributed by atoms with Gasteiger partial charge in [0.1, 0.15) is 0 Å². The van der Waals surface area contributed by atoms with E-state index < -0.39 is 0 Å². The smallest absolute Gasteiger partial charge is 0.0995 e. The number of nitrogens with zero attached hydrogens (tertiary/aromatic N) is 3. The van der Waals surface area contributed by atoms with E-state index in [2.05, 4.69) is 30.1 Å². The molecule has 4 heteroatoms. The Labute approximate surface area is 137 Å². The molecule has 0 heterocycles. The number of hydrogen-bond acceptors (Lipinski definition) is 3. The molecule has 0 spiro atoms. The largest absolute Gasteiger partial charge is 0.366 e. The molecule has 0 radical (unpaired) electrons. The van der Waals surface area contributed by atoms with Gasteiger partial charge in [-0.25, -0.2) is 4.99 Å². The molecule has 0 aromatic heterocycles. The van der Waals surface area contributed by atoms with Gasteiger partial charge in [0.15, 0.2) is 0 Å². The Morgan fingerprint density at radius 2 is 1.96 bits per heavy atom. The number of nitriles is 1. The van der Waals surface area contributed by atoms with Crippen LogP contribution in [-0.2, 0) is 13.0 Å². The van der Waals surface area contributed by atoms with Crippen LogP contribution in [0.3, 0.4) is 0 Å². The van der Waals surface area contributed by atoms with E-state index >= 15 is 0 Å². The van der Waals surface area contributed by atoms with E-state index in [1.54, 1.807) is 6.34 Å². The van der Waals surface area contributed by atoms with Gasteiger partial charge < -0.3 is 10.6 Å². The predicted octanol–water partition coefficient (Wildman–Crippen LogP) is 3.22. The molecule has 2 N–H and O–H groups in total. The maximum Gasteiger partial charge on any atom is 0.0995 e. The lowest BCUT2D eigenvalue weighted by atomic mass is 9.97. The van der Waals surface area contributed by atoms with Gasteiger partial charge in [-0.15, -0.1) is 0 Å². The highest BCUT2D eigenvalue weighted by Gasteiger charge is 2.09. The van der Waals surface area contributed by atoms with Crippen molar-refractivity contribution < 1.29 is 0 Å². The molecule has 0 unspecified atom stereocenters.